The Balaban J connectivity index is 2.11. The second kappa shape index (κ2) is 5.12. The number of ether oxygens (including phenoxy) is 1. The van der Waals surface area contributed by atoms with Crippen LogP contribution in [-0.2, 0) is 12.8 Å². The number of benzene rings is 1. The molecule has 1 N–H and O–H groups in total. The Hall–Kier alpha value is -2.35. The molecule has 0 fully saturated rings. The fourth-order valence-electron chi connectivity index (χ4n) is 1.54. The van der Waals surface area contributed by atoms with Gasteiger partial charge >= 0.3 is 0 Å². The van der Waals surface area contributed by atoms with E-state index in [1.807, 2.05) is 30.3 Å². The Morgan fingerprint density at radius 3 is 3.12 bits per heavy atom. The summed E-state index contributed by atoms with van der Waals surface area (Å²) < 4.78 is 5.15. The van der Waals surface area contributed by atoms with Gasteiger partial charge in [-0.15, -0.1) is 0 Å². The molecule has 2 rings (SSSR count). The average molecular weight is 228 g/mol. The highest BCUT2D eigenvalue weighted by atomic mass is 16.5. The van der Waals surface area contributed by atoms with Crippen LogP contribution in [0.1, 0.15) is 17.2 Å². The number of H-pyrrole nitrogens is 1. The lowest BCUT2D eigenvalue weighted by atomic mass is 10.1. The summed E-state index contributed by atoms with van der Waals surface area (Å²) in [5.74, 6) is 2.10. The van der Waals surface area contributed by atoms with Gasteiger partial charge in [0, 0.05) is 6.42 Å². The van der Waals surface area contributed by atoms with E-state index in [2.05, 4.69) is 15.2 Å². The SMILES string of the molecule is COc1cccc(Cc2nc(CC#N)n[nH]2)c1. The van der Waals surface area contributed by atoms with Crippen LogP contribution in [0.15, 0.2) is 24.3 Å². The van der Waals surface area contributed by atoms with Crippen LogP contribution >= 0.6 is 0 Å². The molecule has 0 unspecified atom stereocenters. The zero-order chi connectivity index (χ0) is 12.1. The number of hydrogen-bond acceptors (Lipinski definition) is 4. The summed E-state index contributed by atoms with van der Waals surface area (Å²) in [5, 5.41) is 15.3. The highest BCUT2D eigenvalue weighted by Gasteiger charge is 2.04. The molecule has 17 heavy (non-hydrogen) atoms. The second-order valence-corrected chi connectivity index (χ2v) is 3.56. The first-order chi connectivity index (χ1) is 8.31. The molecule has 0 aliphatic carbocycles. The van der Waals surface area contributed by atoms with Crippen molar-refractivity contribution in [1.82, 2.24) is 15.2 Å². The predicted molar refractivity (Wildman–Crippen MR) is 61.5 cm³/mol. The Morgan fingerprint density at radius 2 is 2.35 bits per heavy atom. The highest BCUT2D eigenvalue weighted by Crippen LogP contribution is 2.14. The standard InChI is InChI=1S/C12H12N4O/c1-17-10-4-2-3-9(7-10)8-12-14-11(5-6-13)15-16-12/h2-4,7H,5,8H2,1H3,(H,14,15,16). The number of methoxy groups -OCH3 is 1. The molecule has 0 aliphatic heterocycles. The van der Waals surface area contributed by atoms with E-state index in [0.29, 0.717) is 12.2 Å². The quantitative estimate of drug-likeness (QED) is 0.859. The maximum absolute atomic E-state index is 8.53. The predicted octanol–water partition coefficient (Wildman–Crippen LogP) is 1.47. The fourth-order valence-corrected chi connectivity index (χ4v) is 1.54. The molecule has 1 aromatic heterocycles. The molecule has 0 aliphatic rings. The first-order valence-corrected chi connectivity index (χ1v) is 5.22. The molecule has 1 heterocycles. The molecule has 0 bridgehead atoms. The number of aromatic amines is 1. The molecule has 0 radical (unpaired) electrons. The van der Waals surface area contributed by atoms with E-state index < -0.39 is 0 Å². The molecule has 0 amide bonds. The lowest BCUT2D eigenvalue weighted by Gasteiger charge is -2.02. The minimum Gasteiger partial charge on any atom is -0.497 e. The van der Waals surface area contributed by atoms with Gasteiger partial charge < -0.3 is 4.74 Å². The van der Waals surface area contributed by atoms with Gasteiger partial charge in [0.15, 0.2) is 5.82 Å². The van der Waals surface area contributed by atoms with Crippen molar-refractivity contribution in [3.05, 3.63) is 41.5 Å². The number of nitriles is 1. The van der Waals surface area contributed by atoms with Crippen LogP contribution in [0.5, 0.6) is 5.75 Å². The van der Waals surface area contributed by atoms with Gasteiger partial charge in [-0.25, -0.2) is 4.98 Å². The van der Waals surface area contributed by atoms with E-state index in [1.165, 1.54) is 0 Å². The molecule has 5 heteroatoms. The minimum absolute atomic E-state index is 0.231. The van der Waals surface area contributed by atoms with Gasteiger partial charge in [0.05, 0.1) is 19.6 Å². The van der Waals surface area contributed by atoms with E-state index in [-0.39, 0.29) is 6.42 Å². The van der Waals surface area contributed by atoms with Crippen LogP contribution in [0, 0.1) is 11.3 Å². The highest BCUT2D eigenvalue weighted by molar-refractivity contribution is 5.30. The summed E-state index contributed by atoms with van der Waals surface area (Å²) >= 11 is 0. The zero-order valence-electron chi connectivity index (χ0n) is 9.47. The van der Waals surface area contributed by atoms with Crippen molar-refractivity contribution >= 4 is 0 Å². The van der Waals surface area contributed by atoms with Crippen LogP contribution in [0.4, 0.5) is 0 Å². The third-order valence-corrected chi connectivity index (χ3v) is 2.32. The maximum atomic E-state index is 8.53. The molecule has 2 aromatic rings. The summed E-state index contributed by atoms with van der Waals surface area (Å²) in [5.41, 5.74) is 1.09. The monoisotopic (exact) mass is 228 g/mol. The smallest absolute Gasteiger partial charge is 0.164 e. The topological polar surface area (TPSA) is 74.6 Å². The van der Waals surface area contributed by atoms with Gasteiger partial charge in [-0.1, -0.05) is 12.1 Å². The molecule has 0 spiro atoms. The van der Waals surface area contributed by atoms with Gasteiger partial charge in [0.1, 0.15) is 11.6 Å². The van der Waals surface area contributed by atoms with Crippen LogP contribution in [0.25, 0.3) is 0 Å². The van der Waals surface area contributed by atoms with E-state index in [9.17, 15) is 0 Å². The van der Waals surface area contributed by atoms with Gasteiger partial charge in [-0.05, 0) is 17.7 Å². The van der Waals surface area contributed by atoms with Gasteiger partial charge in [-0.2, -0.15) is 10.4 Å². The molecule has 86 valence electrons. The number of aromatic nitrogens is 3. The van der Waals surface area contributed by atoms with E-state index in [1.54, 1.807) is 7.11 Å². The zero-order valence-corrected chi connectivity index (χ0v) is 9.47. The van der Waals surface area contributed by atoms with Crippen molar-refractivity contribution in [1.29, 1.82) is 5.26 Å². The van der Waals surface area contributed by atoms with Crippen LogP contribution in [0.2, 0.25) is 0 Å². The van der Waals surface area contributed by atoms with Crippen molar-refractivity contribution in [3.8, 4) is 11.8 Å². The summed E-state index contributed by atoms with van der Waals surface area (Å²) in [7, 11) is 1.64. The lowest BCUT2D eigenvalue weighted by Crippen LogP contribution is -1.92. The molecular weight excluding hydrogens is 216 g/mol. The van der Waals surface area contributed by atoms with E-state index in [4.69, 9.17) is 10.00 Å². The van der Waals surface area contributed by atoms with Crippen LogP contribution in [-0.4, -0.2) is 22.3 Å². The van der Waals surface area contributed by atoms with Crippen molar-refractivity contribution < 1.29 is 4.74 Å². The normalized spacial score (nSPS) is 9.88. The van der Waals surface area contributed by atoms with E-state index >= 15 is 0 Å². The number of hydrogen-bond donors (Lipinski definition) is 1. The molecule has 0 saturated carbocycles. The fraction of sp³-hybridized carbons (Fsp3) is 0.250. The third kappa shape index (κ3) is 2.82. The van der Waals surface area contributed by atoms with E-state index in [0.717, 1.165) is 17.1 Å². The summed E-state index contributed by atoms with van der Waals surface area (Å²) in [6.07, 6.45) is 0.879. The van der Waals surface area contributed by atoms with Gasteiger partial charge in [0.2, 0.25) is 0 Å². The molecule has 1 aromatic carbocycles. The number of nitrogens with one attached hydrogen (secondary N) is 1. The Labute approximate surface area is 99.1 Å². The Kier molecular flexibility index (Phi) is 3.36. The average Bonchev–Trinajstić information content (AvgIpc) is 2.77. The molecule has 0 saturated heterocycles. The van der Waals surface area contributed by atoms with Crippen LogP contribution < -0.4 is 4.74 Å². The van der Waals surface area contributed by atoms with Gasteiger partial charge in [0.25, 0.3) is 0 Å². The number of rotatable bonds is 4. The lowest BCUT2D eigenvalue weighted by molar-refractivity contribution is 0.414. The Morgan fingerprint density at radius 1 is 1.47 bits per heavy atom. The maximum Gasteiger partial charge on any atom is 0.164 e. The number of nitrogens with zero attached hydrogens (tertiary/aromatic N) is 3. The third-order valence-electron chi connectivity index (χ3n) is 2.32. The summed E-state index contributed by atoms with van der Waals surface area (Å²) in [4.78, 5) is 4.22. The summed E-state index contributed by atoms with van der Waals surface area (Å²) in [6, 6.07) is 9.79. The van der Waals surface area contributed by atoms with Crippen molar-refractivity contribution in [2.45, 2.75) is 12.8 Å². The Bertz CT molecular complexity index is 541. The minimum atomic E-state index is 0.231. The molecular formula is C12H12N4O. The molecule has 0 atom stereocenters. The van der Waals surface area contributed by atoms with Crippen molar-refractivity contribution in [3.63, 3.8) is 0 Å². The van der Waals surface area contributed by atoms with Crippen molar-refractivity contribution in [2.24, 2.45) is 0 Å². The van der Waals surface area contributed by atoms with Gasteiger partial charge in [-0.3, -0.25) is 5.10 Å². The molecule has 5 nitrogen and oxygen atoms in total. The second-order valence-electron chi connectivity index (χ2n) is 3.56. The summed E-state index contributed by atoms with van der Waals surface area (Å²) in [6.45, 7) is 0. The first-order valence-electron chi connectivity index (χ1n) is 5.22. The van der Waals surface area contributed by atoms with Crippen molar-refractivity contribution in [2.75, 3.05) is 7.11 Å². The first kappa shape index (κ1) is 11.1. The van der Waals surface area contributed by atoms with Crippen LogP contribution in [0.3, 0.4) is 0 Å². The largest absolute Gasteiger partial charge is 0.497 e.